The van der Waals surface area contributed by atoms with E-state index in [4.69, 9.17) is 10.5 Å². The minimum Gasteiger partial charge on any atom is -0.489 e. The van der Waals surface area contributed by atoms with Gasteiger partial charge in [0, 0.05) is 23.4 Å². The summed E-state index contributed by atoms with van der Waals surface area (Å²) in [5.74, 6) is 0.334. The van der Waals surface area contributed by atoms with E-state index in [0.29, 0.717) is 16.9 Å². The highest BCUT2D eigenvalue weighted by molar-refractivity contribution is 5.65. The Morgan fingerprint density at radius 1 is 1.15 bits per heavy atom. The Morgan fingerprint density at radius 2 is 1.90 bits per heavy atom. The van der Waals surface area contributed by atoms with Gasteiger partial charge in [-0.2, -0.15) is 0 Å². The Bertz CT molecular complexity index is 597. The molecule has 2 rings (SSSR count). The van der Waals surface area contributed by atoms with Gasteiger partial charge < -0.3 is 10.5 Å². The van der Waals surface area contributed by atoms with Gasteiger partial charge in [-0.05, 0) is 44.5 Å². The number of hydrogen-bond donors (Lipinski definition) is 1. The highest BCUT2D eigenvalue weighted by Crippen LogP contribution is 2.28. The summed E-state index contributed by atoms with van der Waals surface area (Å²) in [5, 5.41) is 0. The average molecular weight is 274 g/mol. The van der Waals surface area contributed by atoms with Crippen molar-refractivity contribution in [1.82, 2.24) is 4.98 Å². The van der Waals surface area contributed by atoms with Crippen LogP contribution in [0.3, 0.4) is 0 Å². The number of hydrogen-bond acceptors (Lipinski definition) is 3. The molecule has 1 aromatic heterocycles. The molecule has 0 radical (unpaired) electrons. The Labute approximate surface area is 118 Å². The molecule has 0 amide bonds. The zero-order chi connectivity index (χ0) is 14.7. The standard InChI is InChI=1S/C16H19FN2O/c1-10(2)20-14-6-13(8-19-9-14)15-7-12(11(3)18)4-5-16(15)17/h4-11H,18H2,1-3H3. The van der Waals surface area contributed by atoms with Crippen molar-refractivity contribution in [2.45, 2.75) is 32.9 Å². The summed E-state index contributed by atoms with van der Waals surface area (Å²) in [7, 11) is 0. The van der Waals surface area contributed by atoms with Gasteiger partial charge in [0.15, 0.2) is 0 Å². The van der Waals surface area contributed by atoms with E-state index in [-0.39, 0.29) is 18.0 Å². The lowest BCUT2D eigenvalue weighted by Crippen LogP contribution is -2.06. The molecule has 0 saturated heterocycles. The van der Waals surface area contributed by atoms with Gasteiger partial charge in [-0.3, -0.25) is 4.98 Å². The topological polar surface area (TPSA) is 48.1 Å². The van der Waals surface area contributed by atoms with E-state index in [0.717, 1.165) is 5.56 Å². The van der Waals surface area contributed by atoms with Crippen molar-refractivity contribution in [1.29, 1.82) is 0 Å². The number of rotatable bonds is 4. The SMILES string of the molecule is CC(C)Oc1cncc(-c2cc(C(C)N)ccc2F)c1. The molecule has 3 nitrogen and oxygen atoms in total. The van der Waals surface area contributed by atoms with E-state index < -0.39 is 0 Å². The molecule has 2 N–H and O–H groups in total. The van der Waals surface area contributed by atoms with Gasteiger partial charge in [-0.25, -0.2) is 4.39 Å². The zero-order valence-electron chi connectivity index (χ0n) is 11.9. The summed E-state index contributed by atoms with van der Waals surface area (Å²) in [4.78, 5) is 4.11. The van der Waals surface area contributed by atoms with Gasteiger partial charge in [0.25, 0.3) is 0 Å². The smallest absolute Gasteiger partial charge is 0.138 e. The molecule has 0 aliphatic rings. The lowest BCUT2D eigenvalue weighted by molar-refractivity contribution is 0.241. The van der Waals surface area contributed by atoms with Crippen LogP contribution < -0.4 is 10.5 Å². The van der Waals surface area contributed by atoms with Crippen molar-refractivity contribution >= 4 is 0 Å². The predicted octanol–water partition coefficient (Wildman–Crippen LogP) is 3.69. The van der Waals surface area contributed by atoms with Gasteiger partial charge in [-0.1, -0.05) is 6.07 Å². The summed E-state index contributed by atoms with van der Waals surface area (Å²) in [6.45, 7) is 5.74. The highest BCUT2D eigenvalue weighted by Gasteiger charge is 2.10. The van der Waals surface area contributed by atoms with Gasteiger partial charge in [0.1, 0.15) is 11.6 Å². The van der Waals surface area contributed by atoms with Gasteiger partial charge in [0.2, 0.25) is 0 Å². The van der Waals surface area contributed by atoms with E-state index in [1.807, 2.05) is 20.8 Å². The molecule has 0 bridgehead atoms. The summed E-state index contributed by atoms with van der Waals surface area (Å²) in [5.41, 5.74) is 7.90. The number of aromatic nitrogens is 1. The molecule has 0 aliphatic heterocycles. The molecule has 0 spiro atoms. The molecule has 106 valence electrons. The lowest BCUT2D eigenvalue weighted by atomic mass is 10.0. The molecule has 1 aromatic carbocycles. The number of nitrogens with zero attached hydrogens (tertiary/aromatic N) is 1. The lowest BCUT2D eigenvalue weighted by Gasteiger charge is -2.12. The van der Waals surface area contributed by atoms with Crippen LogP contribution in [0.25, 0.3) is 11.1 Å². The summed E-state index contributed by atoms with van der Waals surface area (Å²) >= 11 is 0. The van der Waals surface area contributed by atoms with Gasteiger partial charge >= 0.3 is 0 Å². The van der Waals surface area contributed by atoms with Crippen LogP contribution in [0, 0.1) is 5.82 Å². The number of ether oxygens (including phenoxy) is 1. The van der Waals surface area contributed by atoms with Crippen molar-refractivity contribution in [3.63, 3.8) is 0 Å². The Kier molecular flexibility index (Phi) is 4.35. The first-order chi connectivity index (χ1) is 9.47. The normalized spacial score (nSPS) is 12.5. The quantitative estimate of drug-likeness (QED) is 0.924. The molecule has 1 unspecified atom stereocenters. The summed E-state index contributed by atoms with van der Waals surface area (Å²) < 4.78 is 19.6. The fourth-order valence-corrected chi connectivity index (χ4v) is 1.95. The van der Waals surface area contributed by atoms with Crippen molar-refractivity contribution in [2.75, 3.05) is 0 Å². The Morgan fingerprint density at radius 3 is 2.55 bits per heavy atom. The van der Waals surface area contributed by atoms with Crippen molar-refractivity contribution in [2.24, 2.45) is 5.73 Å². The molecular weight excluding hydrogens is 255 g/mol. The third-order valence-corrected chi connectivity index (χ3v) is 2.91. The van der Waals surface area contributed by atoms with Crippen molar-refractivity contribution in [3.05, 3.63) is 48.0 Å². The van der Waals surface area contributed by atoms with Crippen LogP contribution in [0.2, 0.25) is 0 Å². The molecule has 0 saturated carbocycles. The molecule has 1 heterocycles. The summed E-state index contributed by atoms with van der Waals surface area (Å²) in [6, 6.07) is 6.54. The first kappa shape index (κ1) is 14.5. The van der Waals surface area contributed by atoms with Crippen LogP contribution in [0.4, 0.5) is 4.39 Å². The fraction of sp³-hybridized carbons (Fsp3) is 0.312. The van der Waals surface area contributed by atoms with E-state index in [1.54, 1.807) is 30.6 Å². The number of nitrogens with two attached hydrogens (primary N) is 1. The molecular formula is C16H19FN2O. The molecule has 0 aliphatic carbocycles. The zero-order valence-corrected chi connectivity index (χ0v) is 11.9. The maximum absolute atomic E-state index is 14.0. The van der Waals surface area contributed by atoms with E-state index in [1.165, 1.54) is 6.07 Å². The minimum atomic E-state index is -0.294. The van der Waals surface area contributed by atoms with Crippen molar-refractivity contribution in [3.8, 4) is 16.9 Å². The number of halogens is 1. The van der Waals surface area contributed by atoms with Crippen molar-refractivity contribution < 1.29 is 9.13 Å². The Hall–Kier alpha value is -1.94. The van der Waals surface area contributed by atoms with Crippen LogP contribution >= 0.6 is 0 Å². The molecule has 0 fully saturated rings. The molecule has 1 atom stereocenters. The molecule has 4 heteroatoms. The Balaban J connectivity index is 2.42. The minimum absolute atomic E-state index is 0.0484. The summed E-state index contributed by atoms with van der Waals surface area (Å²) in [6.07, 6.45) is 3.29. The monoisotopic (exact) mass is 274 g/mol. The first-order valence-electron chi connectivity index (χ1n) is 6.64. The number of benzene rings is 1. The van der Waals surface area contributed by atoms with E-state index in [9.17, 15) is 4.39 Å². The second-order valence-corrected chi connectivity index (χ2v) is 5.10. The van der Waals surface area contributed by atoms with Gasteiger partial charge in [0.05, 0.1) is 12.3 Å². The third-order valence-electron chi connectivity index (χ3n) is 2.91. The second kappa shape index (κ2) is 6.01. The fourth-order valence-electron chi connectivity index (χ4n) is 1.95. The average Bonchev–Trinajstić information content (AvgIpc) is 2.38. The second-order valence-electron chi connectivity index (χ2n) is 5.10. The van der Waals surface area contributed by atoms with E-state index >= 15 is 0 Å². The van der Waals surface area contributed by atoms with Crippen LogP contribution in [0.15, 0.2) is 36.7 Å². The largest absolute Gasteiger partial charge is 0.489 e. The van der Waals surface area contributed by atoms with Crippen LogP contribution in [-0.2, 0) is 0 Å². The highest BCUT2D eigenvalue weighted by atomic mass is 19.1. The maximum Gasteiger partial charge on any atom is 0.138 e. The van der Waals surface area contributed by atoms with Crippen LogP contribution in [0.5, 0.6) is 5.75 Å². The molecule has 2 aromatic rings. The third kappa shape index (κ3) is 3.33. The van der Waals surface area contributed by atoms with Crippen LogP contribution in [-0.4, -0.2) is 11.1 Å². The van der Waals surface area contributed by atoms with Crippen LogP contribution in [0.1, 0.15) is 32.4 Å². The molecule has 20 heavy (non-hydrogen) atoms. The maximum atomic E-state index is 14.0. The van der Waals surface area contributed by atoms with E-state index in [2.05, 4.69) is 4.98 Å². The predicted molar refractivity (Wildman–Crippen MR) is 78.0 cm³/mol. The van der Waals surface area contributed by atoms with Gasteiger partial charge in [-0.15, -0.1) is 0 Å². The first-order valence-corrected chi connectivity index (χ1v) is 6.64. The number of pyridine rings is 1.